The minimum atomic E-state index is -0.518. The number of benzene rings is 3. The van der Waals surface area contributed by atoms with Gasteiger partial charge >= 0.3 is 0 Å². The first-order valence-corrected chi connectivity index (χ1v) is 10.8. The number of carbonyl (C=O) groups is 1. The number of nitro benzene ring substituents is 1. The van der Waals surface area contributed by atoms with Crippen LogP contribution in [0.25, 0.3) is 0 Å². The van der Waals surface area contributed by atoms with Gasteiger partial charge in [-0.25, -0.2) is 5.43 Å². The van der Waals surface area contributed by atoms with E-state index in [0.29, 0.717) is 6.61 Å². The lowest BCUT2D eigenvalue weighted by Crippen LogP contribution is -2.17. The van der Waals surface area contributed by atoms with Gasteiger partial charge in [-0.1, -0.05) is 30.3 Å². The third-order valence-corrected chi connectivity index (χ3v) is 5.57. The highest BCUT2D eigenvalue weighted by Gasteiger charge is 2.10. The molecule has 0 radical (unpaired) electrons. The summed E-state index contributed by atoms with van der Waals surface area (Å²) in [5, 5.41) is 14.6. The summed E-state index contributed by atoms with van der Waals surface area (Å²) in [6.07, 6.45) is 1.54. The lowest BCUT2D eigenvalue weighted by molar-refractivity contribution is -0.384. The highest BCUT2D eigenvalue weighted by Crippen LogP contribution is 2.29. The van der Waals surface area contributed by atoms with Crippen LogP contribution in [0.15, 0.2) is 71.8 Å². The molecule has 3 aromatic rings. The molecule has 0 heterocycles. The van der Waals surface area contributed by atoms with E-state index in [0.717, 1.165) is 24.0 Å². The second-order valence-electron chi connectivity index (χ2n) is 6.09. The fourth-order valence-electron chi connectivity index (χ4n) is 2.49. The summed E-state index contributed by atoms with van der Waals surface area (Å²) in [5.41, 5.74) is 4.52. The van der Waals surface area contributed by atoms with Gasteiger partial charge in [-0.05, 0) is 80.6 Å². The van der Waals surface area contributed by atoms with Crippen LogP contribution in [0.2, 0.25) is 0 Å². The molecule has 152 valence electrons. The Morgan fingerprint density at radius 3 is 2.30 bits per heavy atom. The molecule has 0 aromatic heterocycles. The quantitative estimate of drug-likeness (QED) is 0.170. The molecule has 0 fully saturated rings. The molecule has 9 heteroatoms. The van der Waals surface area contributed by atoms with Crippen molar-refractivity contribution >= 4 is 63.0 Å². The number of non-ortho nitro benzene ring substituents is 1. The molecule has 0 saturated heterocycles. The molecule has 0 spiro atoms. The van der Waals surface area contributed by atoms with Crippen molar-refractivity contribution in [2.24, 2.45) is 5.10 Å². The van der Waals surface area contributed by atoms with Gasteiger partial charge < -0.3 is 4.74 Å². The molecule has 0 unspecified atom stereocenters. The third kappa shape index (κ3) is 5.98. The van der Waals surface area contributed by atoms with Gasteiger partial charge in [-0.3, -0.25) is 14.9 Å². The number of hydrogen-bond acceptors (Lipinski definition) is 5. The Morgan fingerprint density at radius 2 is 1.70 bits per heavy atom. The van der Waals surface area contributed by atoms with Crippen molar-refractivity contribution in [3.05, 3.63) is 101 Å². The van der Waals surface area contributed by atoms with Gasteiger partial charge in [0.1, 0.15) is 12.4 Å². The molecule has 30 heavy (non-hydrogen) atoms. The third-order valence-electron chi connectivity index (χ3n) is 3.97. The van der Waals surface area contributed by atoms with E-state index in [-0.39, 0.29) is 11.3 Å². The van der Waals surface area contributed by atoms with Crippen LogP contribution in [0, 0.1) is 17.3 Å². The fraction of sp³-hybridized carbons (Fsp3) is 0.0476. The average Bonchev–Trinajstić information content (AvgIpc) is 2.74. The summed E-state index contributed by atoms with van der Waals surface area (Å²) >= 11 is 4.41. The van der Waals surface area contributed by atoms with Crippen LogP contribution in [0.1, 0.15) is 21.5 Å². The van der Waals surface area contributed by atoms with Crippen molar-refractivity contribution in [2.45, 2.75) is 6.61 Å². The topological polar surface area (TPSA) is 93.8 Å². The molecular formula is C21H15I2N3O4. The first-order chi connectivity index (χ1) is 14.4. The Morgan fingerprint density at radius 1 is 1.07 bits per heavy atom. The van der Waals surface area contributed by atoms with Gasteiger partial charge in [0.05, 0.1) is 18.3 Å². The zero-order valence-electron chi connectivity index (χ0n) is 15.4. The van der Waals surface area contributed by atoms with Gasteiger partial charge in [0, 0.05) is 17.7 Å². The molecule has 0 aliphatic rings. The molecule has 1 N–H and O–H groups in total. The summed E-state index contributed by atoms with van der Waals surface area (Å²) in [6, 6.07) is 19.1. The summed E-state index contributed by atoms with van der Waals surface area (Å²) in [4.78, 5) is 22.3. The molecule has 7 nitrogen and oxygen atoms in total. The highest BCUT2D eigenvalue weighted by atomic mass is 127. The second-order valence-corrected chi connectivity index (χ2v) is 8.42. The Kier molecular flexibility index (Phi) is 7.74. The summed E-state index contributed by atoms with van der Waals surface area (Å²) < 4.78 is 7.82. The van der Waals surface area contributed by atoms with Gasteiger partial charge in [0.2, 0.25) is 0 Å². The predicted molar refractivity (Wildman–Crippen MR) is 131 cm³/mol. The number of nitrogens with one attached hydrogen (secondary N) is 1. The summed E-state index contributed by atoms with van der Waals surface area (Å²) in [7, 11) is 0. The molecule has 0 atom stereocenters. The summed E-state index contributed by atoms with van der Waals surface area (Å²) in [6.45, 7) is 0.478. The van der Waals surface area contributed by atoms with Gasteiger partial charge in [0.25, 0.3) is 11.6 Å². The second kappa shape index (κ2) is 10.5. The number of amides is 1. The zero-order chi connectivity index (χ0) is 21.5. The van der Waals surface area contributed by atoms with E-state index >= 15 is 0 Å². The maximum absolute atomic E-state index is 12.1. The Balaban J connectivity index is 1.62. The van der Waals surface area contributed by atoms with E-state index < -0.39 is 10.8 Å². The van der Waals surface area contributed by atoms with Crippen molar-refractivity contribution < 1.29 is 14.5 Å². The van der Waals surface area contributed by atoms with Gasteiger partial charge in [-0.2, -0.15) is 5.10 Å². The molecule has 3 aromatic carbocycles. The first kappa shape index (κ1) is 22.2. The number of nitrogens with zero attached hydrogens (tertiary/aromatic N) is 2. The van der Waals surface area contributed by atoms with Crippen LogP contribution in [-0.2, 0) is 6.61 Å². The molecular weight excluding hydrogens is 612 g/mol. The van der Waals surface area contributed by atoms with Crippen LogP contribution in [-0.4, -0.2) is 17.0 Å². The monoisotopic (exact) mass is 627 g/mol. The van der Waals surface area contributed by atoms with Gasteiger partial charge in [0.15, 0.2) is 0 Å². The smallest absolute Gasteiger partial charge is 0.271 e. The number of nitro groups is 1. The van der Waals surface area contributed by atoms with Crippen LogP contribution in [0.5, 0.6) is 5.75 Å². The fourth-order valence-corrected chi connectivity index (χ4v) is 4.61. The normalized spacial score (nSPS) is 10.7. The Hall–Kier alpha value is -2.54. The van der Waals surface area contributed by atoms with Crippen LogP contribution < -0.4 is 10.2 Å². The number of carbonyl (C=O) groups excluding carboxylic acids is 1. The van der Waals surface area contributed by atoms with Crippen molar-refractivity contribution in [2.75, 3.05) is 0 Å². The maximum atomic E-state index is 12.1. The maximum Gasteiger partial charge on any atom is 0.271 e. The van der Waals surface area contributed by atoms with E-state index in [1.54, 1.807) is 0 Å². The highest BCUT2D eigenvalue weighted by molar-refractivity contribution is 14.1. The largest absolute Gasteiger partial charge is 0.487 e. The van der Waals surface area contributed by atoms with Crippen molar-refractivity contribution in [3.8, 4) is 5.75 Å². The minimum Gasteiger partial charge on any atom is -0.487 e. The first-order valence-electron chi connectivity index (χ1n) is 8.67. The summed E-state index contributed by atoms with van der Waals surface area (Å²) in [5.74, 6) is 0.348. The number of hydrazone groups is 1. The van der Waals surface area contributed by atoms with Crippen LogP contribution in [0.4, 0.5) is 5.69 Å². The number of rotatable bonds is 7. The predicted octanol–water partition coefficient (Wildman–Crippen LogP) is 5.15. The average molecular weight is 627 g/mol. The lowest BCUT2D eigenvalue weighted by atomic mass is 10.2. The standard InChI is InChI=1S/C21H15I2N3O4/c22-18-10-15(11-19(23)20(18)30-13-14-4-2-1-3-5-14)12-24-25-21(27)16-6-8-17(9-7-16)26(28)29/h1-12H,13H2,(H,25,27). The Labute approximate surface area is 200 Å². The molecule has 0 saturated carbocycles. The Bertz CT molecular complexity index is 1060. The zero-order valence-corrected chi connectivity index (χ0v) is 19.7. The van der Waals surface area contributed by atoms with E-state index in [1.165, 1.54) is 30.5 Å². The number of hydrogen-bond donors (Lipinski definition) is 1. The van der Waals surface area contributed by atoms with E-state index in [4.69, 9.17) is 4.74 Å². The van der Waals surface area contributed by atoms with E-state index in [9.17, 15) is 14.9 Å². The van der Waals surface area contributed by atoms with Crippen molar-refractivity contribution in [1.82, 2.24) is 5.43 Å². The van der Waals surface area contributed by atoms with E-state index in [2.05, 4.69) is 55.7 Å². The molecule has 1 amide bonds. The van der Waals surface area contributed by atoms with E-state index in [1.807, 2.05) is 42.5 Å². The SMILES string of the molecule is O=C(NN=Cc1cc(I)c(OCc2ccccc2)c(I)c1)c1ccc([N+](=O)[O-])cc1. The number of ether oxygens (including phenoxy) is 1. The minimum absolute atomic E-state index is 0.0752. The van der Waals surface area contributed by atoms with Crippen LogP contribution >= 0.6 is 45.2 Å². The van der Waals surface area contributed by atoms with Crippen molar-refractivity contribution in [3.63, 3.8) is 0 Å². The number of halogens is 2. The molecule has 0 bridgehead atoms. The lowest BCUT2D eigenvalue weighted by Gasteiger charge is -2.11. The van der Waals surface area contributed by atoms with Crippen LogP contribution in [0.3, 0.4) is 0 Å². The molecule has 0 aliphatic heterocycles. The molecule has 3 rings (SSSR count). The van der Waals surface area contributed by atoms with Gasteiger partial charge in [-0.15, -0.1) is 0 Å². The van der Waals surface area contributed by atoms with Crippen molar-refractivity contribution in [1.29, 1.82) is 0 Å². The molecule has 0 aliphatic carbocycles.